The van der Waals surface area contributed by atoms with Gasteiger partial charge >= 0.3 is 0 Å². The number of nitrogens with one attached hydrogen (secondary N) is 2. The second kappa shape index (κ2) is 2.21. The van der Waals surface area contributed by atoms with Crippen LogP contribution >= 0.6 is 0 Å². The van der Waals surface area contributed by atoms with Crippen molar-refractivity contribution < 1.29 is 9.90 Å². The molecule has 0 unspecified atom stereocenters. The summed E-state index contributed by atoms with van der Waals surface area (Å²) in [5.74, 6) is 0.124. The van der Waals surface area contributed by atoms with Crippen molar-refractivity contribution in [3.63, 3.8) is 0 Å². The Hall–Kier alpha value is -1.56. The van der Waals surface area contributed by atoms with Crippen molar-refractivity contribution in [2.24, 2.45) is 0 Å². The van der Waals surface area contributed by atoms with Crippen molar-refractivity contribution in [1.29, 1.82) is 0 Å². The number of fused-ring (bicyclic) bond motifs is 1. The topological polar surface area (TPSA) is 81.2 Å². The molecule has 1 aliphatic heterocycles. The summed E-state index contributed by atoms with van der Waals surface area (Å²) < 4.78 is 0. The highest BCUT2D eigenvalue weighted by Crippen LogP contribution is 2.18. The summed E-state index contributed by atoms with van der Waals surface area (Å²) >= 11 is 0. The van der Waals surface area contributed by atoms with Crippen LogP contribution in [0.4, 0.5) is 5.82 Å². The Bertz CT molecular complexity index is 321. The van der Waals surface area contributed by atoms with Crippen molar-refractivity contribution in [2.75, 3.05) is 11.9 Å². The summed E-state index contributed by atoms with van der Waals surface area (Å²) in [6.45, 7) is 0. The number of aromatic nitrogens is 2. The fourth-order valence-corrected chi connectivity index (χ4v) is 1.12. The molecule has 0 fully saturated rings. The number of imidazole rings is 1. The molecule has 0 spiro atoms. The lowest BCUT2D eigenvalue weighted by Crippen LogP contribution is -2.51. The first-order valence-corrected chi connectivity index (χ1v) is 3.45. The molecular weight excluding hydrogens is 160 g/mol. The zero-order chi connectivity index (χ0) is 8.72. The smallest absolute Gasteiger partial charge is 0.275 e. The van der Waals surface area contributed by atoms with Gasteiger partial charge in [-0.3, -0.25) is 4.79 Å². The Labute approximate surface area is 68.2 Å². The molecule has 1 atom stereocenters. The second-order valence-electron chi connectivity index (χ2n) is 2.56. The van der Waals surface area contributed by atoms with Crippen LogP contribution in [0.15, 0.2) is 6.33 Å². The third-order valence-electron chi connectivity index (χ3n) is 1.81. The molecule has 2 heterocycles. The number of aliphatic hydroxyl groups is 1. The molecular formula is C6H8N4O2. The molecule has 1 amide bonds. The van der Waals surface area contributed by atoms with E-state index in [4.69, 9.17) is 0 Å². The largest absolute Gasteiger partial charge is 0.356 e. The summed E-state index contributed by atoms with van der Waals surface area (Å²) in [7, 11) is 1.64. The van der Waals surface area contributed by atoms with Crippen LogP contribution in [-0.4, -0.2) is 34.4 Å². The maximum absolute atomic E-state index is 11.1. The van der Waals surface area contributed by atoms with Crippen LogP contribution in [0.2, 0.25) is 0 Å². The van der Waals surface area contributed by atoms with E-state index >= 15 is 0 Å². The zero-order valence-corrected chi connectivity index (χ0v) is 6.40. The fourth-order valence-electron chi connectivity index (χ4n) is 1.12. The molecule has 1 aliphatic rings. The summed E-state index contributed by atoms with van der Waals surface area (Å²) in [4.78, 5) is 19.2. The van der Waals surface area contributed by atoms with E-state index in [1.165, 1.54) is 11.2 Å². The molecule has 0 radical (unpaired) electrons. The Balaban J connectivity index is 2.49. The third-order valence-corrected chi connectivity index (χ3v) is 1.81. The normalized spacial score (nSPS) is 22.0. The van der Waals surface area contributed by atoms with Crippen LogP contribution in [0.1, 0.15) is 10.5 Å². The Kier molecular flexibility index (Phi) is 1.31. The molecule has 1 aromatic rings. The minimum atomic E-state index is -0.992. The first kappa shape index (κ1) is 7.11. The zero-order valence-electron chi connectivity index (χ0n) is 6.40. The Morgan fingerprint density at radius 2 is 2.50 bits per heavy atom. The van der Waals surface area contributed by atoms with Crippen molar-refractivity contribution in [3.05, 3.63) is 12.0 Å². The number of carbonyl (C=O) groups excluding carboxylic acids is 1. The monoisotopic (exact) mass is 168 g/mol. The van der Waals surface area contributed by atoms with Crippen molar-refractivity contribution in [3.8, 4) is 0 Å². The summed E-state index contributed by atoms with van der Waals surface area (Å²) in [6.07, 6.45) is 0.423. The third kappa shape index (κ3) is 0.782. The number of aromatic amines is 1. The Morgan fingerprint density at radius 1 is 1.75 bits per heavy atom. The van der Waals surface area contributed by atoms with Crippen LogP contribution < -0.4 is 10.2 Å². The minimum absolute atomic E-state index is 0.340. The predicted octanol–water partition coefficient (Wildman–Crippen LogP) is -1.13. The molecule has 12 heavy (non-hydrogen) atoms. The minimum Gasteiger partial charge on any atom is -0.356 e. The molecule has 6 nitrogen and oxygen atoms in total. The highest BCUT2D eigenvalue weighted by Gasteiger charge is 2.28. The van der Waals surface area contributed by atoms with Gasteiger partial charge in [-0.15, -0.1) is 0 Å². The number of anilines is 1. The van der Waals surface area contributed by atoms with Gasteiger partial charge in [0.25, 0.3) is 5.91 Å². The number of amides is 1. The number of hydrogen-bond donors (Lipinski definition) is 3. The molecule has 0 saturated carbocycles. The van der Waals surface area contributed by atoms with Crippen LogP contribution in [0.3, 0.4) is 0 Å². The highest BCUT2D eigenvalue weighted by molar-refractivity contribution is 5.98. The molecule has 0 aliphatic carbocycles. The Morgan fingerprint density at radius 3 is 3.25 bits per heavy atom. The van der Waals surface area contributed by atoms with E-state index in [2.05, 4.69) is 15.3 Å². The van der Waals surface area contributed by atoms with E-state index in [0.717, 1.165) is 0 Å². The fraction of sp³-hybridized carbons (Fsp3) is 0.333. The number of carbonyl (C=O) groups is 1. The van der Waals surface area contributed by atoms with Crippen LogP contribution in [0.25, 0.3) is 0 Å². The maximum Gasteiger partial charge on any atom is 0.275 e. The van der Waals surface area contributed by atoms with Crippen molar-refractivity contribution in [1.82, 2.24) is 15.3 Å². The molecule has 64 valence electrons. The average Bonchev–Trinajstić information content (AvgIpc) is 2.48. The van der Waals surface area contributed by atoms with Gasteiger partial charge in [0.15, 0.2) is 5.82 Å². The van der Waals surface area contributed by atoms with E-state index in [1.807, 2.05) is 0 Å². The average molecular weight is 168 g/mol. The number of H-pyrrole nitrogens is 1. The van der Waals surface area contributed by atoms with E-state index in [-0.39, 0.29) is 5.91 Å². The number of hydrogen-bond acceptors (Lipinski definition) is 4. The maximum atomic E-state index is 11.1. The van der Waals surface area contributed by atoms with Gasteiger partial charge in [-0.1, -0.05) is 0 Å². The van der Waals surface area contributed by atoms with Gasteiger partial charge in [-0.2, -0.15) is 0 Å². The number of nitrogens with zero attached hydrogens (tertiary/aromatic N) is 2. The SMILES string of the molecule is CN1c2nc[nH]c2C(=O)N[C@H]1O. The van der Waals surface area contributed by atoms with E-state index < -0.39 is 6.35 Å². The van der Waals surface area contributed by atoms with Gasteiger partial charge in [-0.05, 0) is 0 Å². The van der Waals surface area contributed by atoms with E-state index in [9.17, 15) is 9.90 Å². The van der Waals surface area contributed by atoms with Gasteiger partial charge in [-0.25, -0.2) is 4.98 Å². The molecule has 0 saturated heterocycles. The molecule has 0 bridgehead atoms. The van der Waals surface area contributed by atoms with Gasteiger partial charge < -0.3 is 20.3 Å². The summed E-state index contributed by atoms with van der Waals surface area (Å²) in [5, 5.41) is 11.6. The first-order chi connectivity index (χ1) is 5.70. The van der Waals surface area contributed by atoms with Crippen molar-refractivity contribution >= 4 is 11.7 Å². The van der Waals surface area contributed by atoms with Crippen molar-refractivity contribution in [2.45, 2.75) is 6.35 Å². The van der Waals surface area contributed by atoms with Crippen LogP contribution in [0, 0.1) is 0 Å². The lowest BCUT2D eigenvalue weighted by Gasteiger charge is -2.28. The number of rotatable bonds is 0. The van der Waals surface area contributed by atoms with E-state index in [1.54, 1.807) is 7.05 Å². The van der Waals surface area contributed by atoms with Gasteiger partial charge in [0, 0.05) is 7.05 Å². The first-order valence-electron chi connectivity index (χ1n) is 3.45. The van der Waals surface area contributed by atoms with Crippen LogP contribution in [0.5, 0.6) is 0 Å². The predicted molar refractivity (Wildman–Crippen MR) is 40.5 cm³/mol. The van der Waals surface area contributed by atoms with Gasteiger partial charge in [0.05, 0.1) is 6.33 Å². The molecule has 0 aromatic carbocycles. The molecule has 1 aromatic heterocycles. The number of aliphatic hydroxyl groups excluding tert-OH is 1. The van der Waals surface area contributed by atoms with E-state index in [0.29, 0.717) is 11.5 Å². The summed E-state index contributed by atoms with van der Waals surface area (Å²) in [5.41, 5.74) is 0.378. The highest BCUT2D eigenvalue weighted by atomic mass is 16.3. The standard InChI is InChI=1S/C6H8N4O2/c1-10-4-3(7-2-8-4)5(11)9-6(10)12/h2,6,12H,1H3,(H,7,8)(H,9,11)/t6-/m1/s1. The lowest BCUT2D eigenvalue weighted by molar-refractivity contribution is 0.0751. The summed E-state index contributed by atoms with van der Waals surface area (Å²) in [6, 6.07) is 0. The van der Waals surface area contributed by atoms with Gasteiger partial charge in [0.1, 0.15) is 5.69 Å². The van der Waals surface area contributed by atoms with Crippen LogP contribution in [-0.2, 0) is 0 Å². The lowest BCUT2D eigenvalue weighted by atomic mass is 10.3. The molecule has 3 N–H and O–H groups in total. The van der Waals surface area contributed by atoms with Gasteiger partial charge in [0.2, 0.25) is 6.35 Å². The molecule has 2 rings (SSSR count). The second-order valence-corrected chi connectivity index (χ2v) is 2.56. The quantitative estimate of drug-likeness (QED) is 0.457. The molecule has 6 heteroatoms.